The first kappa shape index (κ1) is 18.4. The van der Waals surface area contributed by atoms with Crippen molar-refractivity contribution < 1.29 is 4.79 Å². The van der Waals surface area contributed by atoms with Crippen molar-refractivity contribution in [1.82, 2.24) is 20.0 Å². The van der Waals surface area contributed by atoms with Gasteiger partial charge in [-0.1, -0.05) is 42.5 Å². The third-order valence-corrected chi connectivity index (χ3v) is 6.32. The maximum absolute atomic E-state index is 13.3. The lowest BCUT2D eigenvalue weighted by atomic mass is 9.94. The van der Waals surface area contributed by atoms with Crippen molar-refractivity contribution in [3.8, 4) is 0 Å². The molecule has 2 aromatic carbocycles. The van der Waals surface area contributed by atoms with E-state index in [1.807, 2.05) is 12.3 Å². The van der Waals surface area contributed by atoms with E-state index in [2.05, 4.69) is 62.5 Å². The second kappa shape index (κ2) is 7.99. The molecule has 1 saturated heterocycles. The van der Waals surface area contributed by atoms with Crippen molar-refractivity contribution in [2.24, 2.45) is 5.92 Å². The minimum Gasteiger partial charge on any atom is -0.335 e. The first-order valence-corrected chi connectivity index (χ1v) is 10.7. The largest absolute Gasteiger partial charge is 0.335 e. The van der Waals surface area contributed by atoms with Crippen LogP contribution in [0, 0.1) is 5.92 Å². The molecule has 3 aromatic rings. The Kier molecular flexibility index (Phi) is 5.06. The zero-order valence-electron chi connectivity index (χ0n) is 16.8. The zero-order valence-corrected chi connectivity index (χ0v) is 16.8. The van der Waals surface area contributed by atoms with Crippen molar-refractivity contribution in [1.29, 1.82) is 0 Å². The third kappa shape index (κ3) is 4.20. The fraction of sp³-hybridized carbons (Fsp3) is 0.417. The lowest BCUT2D eigenvalue weighted by Gasteiger charge is -2.34. The topological polar surface area (TPSA) is 52.2 Å². The van der Waals surface area contributed by atoms with Crippen molar-refractivity contribution >= 4 is 16.8 Å². The molecule has 1 amide bonds. The Hall–Kier alpha value is -2.66. The number of likely N-dealkylation sites (tertiary alicyclic amines) is 1. The van der Waals surface area contributed by atoms with Crippen LogP contribution in [0.2, 0.25) is 0 Å². The molecule has 2 fully saturated rings. The number of aromatic nitrogens is 2. The molecule has 5 rings (SSSR count). The predicted octanol–water partition coefficient (Wildman–Crippen LogP) is 3.97. The van der Waals surface area contributed by atoms with Gasteiger partial charge in [-0.3, -0.25) is 14.8 Å². The van der Waals surface area contributed by atoms with Crippen LogP contribution in [0.3, 0.4) is 0 Å². The van der Waals surface area contributed by atoms with Crippen LogP contribution in [0.5, 0.6) is 0 Å². The Balaban J connectivity index is 1.18. The highest BCUT2D eigenvalue weighted by molar-refractivity contribution is 5.80. The number of carbonyl (C=O) groups excluding carboxylic acids is 1. The number of nitrogens with zero attached hydrogens (tertiary/aromatic N) is 3. The zero-order chi connectivity index (χ0) is 19.6. The highest BCUT2D eigenvalue weighted by atomic mass is 16.2. The third-order valence-electron chi connectivity index (χ3n) is 6.32. The lowest BCUT2D eigenvalue weighted by Crippen LogP contribution is -2.43. The molecule has 0 radical (unpaired) electrons. The molecule has 1 aliphatic carbocycles. The highest BCUT2D eigenvalue weighted by Gasteiger charge is 2.36. The monoisotopic (exact) mass is 388 g/mol. The molecular weight excluding hydrogens is 360 g/mol. The lowest BCUT2D eigenvalue weighted by molar-refractivity contribution is -0.138. The number of H-pyrrole nitrogens is 1. The maximum Gasteiger partial charge on any atom is 0.226 e. The SMILES string of the molecule is O=C(C1CCN(Cc2ccc3cn[nH]c3c2)CC1)N(Cc1ccccc1)C1CC1. The Bertz CT molecular complexity index is 971. The number of hydrogen-bond donors (Lipinski definition) is 1. The number of carbonyl (C=O) groups is 1. The molecule has 0 unspecified atom stereocenters. The van der Waals surface area contributed by atoms with E-state index in [1.54, 1.807) is 0 Å². The molecular formula is C24H28N4O. The van der Waals surface area contributed by atoms with Crippen LogP contribution in [0.15, 0.2) is 54.7 Å². The Morgan fingerprint density at radius 1 is 1.03 bits per heavy atom. The number of hydrogen-bond acceptors (Lipinski definition) is 3. The fourth-order valence-electron chi connectivity index (χ4n) is 4.47. The van der Waals surface area contributed by atoms with Gasteiger partial charge in [-0.2, -0.15) is 5.10 Å². The average Bonchev–Trinajstić information content (AvgIpc) is 3.50. The molecule has 5 heteroatoms. The standard InChI is InChI=1S/C24H28N4O/c29-24(28(22-8-9-22)17-18-4-2-1-3-5-18)20-10-12-27(13-11-20)16-19-6-7-21-15-25-26-23(21)14-19/h1-7,14-15,20,22H,8-13,16-17H2,(H,25,26). The minimum atomic E-state index is 0.172. The van der Waals surface area contributed by atoms with Crippen molar-refractivity contribution in [2.75, 3.05) is 13.1 Å². The predicted molar refractivity (Wildman–Crippen MR) is 114 cm³/mol. The van der Waals surface area contributed by atoms with Gasteiger partial charge < -0.3 is 4.90 Å². The molecule has 5 nitrogen and oxygen atoms in total. The van der Waals surface area contributed by atoms with Crippen LogP contribution in [0.25, 0.3) is 10.9 Å². The van der Waals surface area contributed by atoms with E-state index >= 15 is 0 Å². The molecule has 0 atom stereocenters. The van der Waals surface area contributed by atoms with E-state index in [1.165, 1.54) is 11.1 Å². The molecule has 1 aliphatic heterocycles. The van der Waals surface area contributed by atoms with Crippen LogP contribution in [-0.4, -0.2) is 45.0 Å². The van der Waals surface area contributed by atoms with Crippen LogP contribution in [-0.2, 0) is 17.9 Å². The number of nitrogens with one attached hydrogen (secondary N) is 1. The summed E-state index contributed by atoms with van der Waals surface area (Å²) in [6.45, 7) is 3.67. The number of piperidine rings is 1. The fourth-order valence-corrected chi connectivity index (χ4v) is 4.47. The van der Waals surface area contributed by atoms with Gasteiger partial charge in [0.1, 0.15) is 0 Å². The van der Waals surface area contributed by atoms with Gasteiger partial charge in [0, 0.05) is 30.4 Å². The maximum atomic E-state index is 13.3. The van der Waals surface area contributed by atoms with Crippen LogP contribution in [0.4, 0.5) is 0 Å². The second-order valence-electron chi connectivity index (χ2n) is 8.52. The Morgan fingerprint density at radius 2 is 1.83 bits per heavy atom. The van der Waals surface area contributed by atoms with Gasteiger partial charge in [-0.25, -0.2) is 0 Å². The number of benzene rings is 2. The van der Waals surface area contributed by atoms with E-state index in [4.69, 9.17) is 0 Å². The van der Waals surface area contributed by atoms with Gasteiger partial charge >= 0.3 is 0 Å². The first-order valence-electron chi connectivity index (χ1n) is 10.7. The summed E-state index contributed by atoms with van der Waals surface area (Å²) in [6.07, 6.45) is 6.10. The Morgan fingerprint density at radius 3 is 2.59 bits per heavy atom. The van der Waals surface area contributed by atoms with Crippen LogP contribution >= 0.6 is 0 Å². The summed E-state index contributed by atoms with van der Waals surface area (Å²) in [5.41, 5.74) is 3.63. The number of rotatable bonds is 6. The minimum absolute atomic E-state index is 0.172. The van der Waals surface area contributed by atoms with Gasteiger partial charge in [0.15, 0.2) is 0 Å². The number of aromatic amines is 1. The molecule has 150 valence electrons. The van der Waals surface area contributed by atoms with Crippen molar-refractivity contribution in [3.63, 3.8) is 0 Å². The number of fused-ring (bicyclic) bond motifs is 1. The second-order valence-corrected chi connectivity index (χ2v) is 8.52. The van der Waals surface area contributed by atoms with Crippen molar-refractivity contribution in [3.05, 3.63) is 65.9 Å². The number of amides is 1. The van der Waals surface area contributed by atoms with E-state index in [0.29, 0.717) is 11.9 Å². The van der Waals surface area contributed by atoms with Crippen molar-refractivity contribution in [2.45, 2.75) is 44.8 Å². The average molecular weight is 389 g/mol. The van der Waals surface area contributed by atoms with E-state index in [0.717, 1.165) is 62.8 Å². The molecule has 1 N–H and O–H groups in total. The van der Waals surface area contributed by atoms with Gasteiger partial charge in [0.25, 0.3) is 0 Å². The van der Waals surface area contributed by atoms with Crippen LogP contribution < -0.4 is 0 Å². The molecule has 1 saturated carbocycles. The molecule has 2 heterocycles. The smallest absolute Gasteiger partial charge is 0.226 e. The molecule has 2 aliphatic rings. The first-order chi connectivity index (χ1) is 14.3. The molecule has 29 heavy (non-hydrogen) atoms. The summed E-state index contributed by atoms with van der Waals surface area (Å²) < 4.78 is 0. The summed E-state index contributed by atoms with van der Waals surface area (Å²) in [4.78, 5) is 17.9. The Labute approximate surface area is 171 Å². The summed E-state index contributed by atoms with van der Waals surface area (Å²) in [5.74, 6) is 0.542. The van der Waals surface area contributed by atoms with Gasteiger partial charge in [0.05, 0.1) is 11.7 Å². The molecule has 1 aromatic heterocycles. The van der Waals surface area contributed by atoms with E-state index in [-0.39, 0.29) is 5.92 Å². The summed E-state index contributed by atoms with van der Waals surface area (Å²) >= 11 is 0. The molecule has 0 bridgehead atoms. The highest BCUT2D eigenvalue weighted by Crippen LogP contribution is 2.32. The molecule has 0 spiro atoms. The quantitative estimate of drug-likeness (QED) is 0.695. The summed E-state index contributed by atoms with van der Waals surface area (Å²) in [7, 11) is 0. The van der Waals surface area contributed by atoms with Gasteiger partial charge in [-0.05, 0) is 56.0 Å². The normalized spacial score (nSPS) is 18.2. The summed E-state index contributed by atoms with van der Waals surface area (Å²) in [6, 6.07) is 17.4. The van der Waals surface area contributed by atoms with Gasteiger partial charge in [-0.15, -0.1) is 0 Å². The van der Waals surface area contributed by atoms with Gasteiger partial charge in [0.2, 0.25) is 5.91 Å². The van der Waals surface area contributed by atoms with E-state index in [9.17, 15) is 4.79 Å². The van der Waals surface area contributed by atoms with Crippen LogP contribution in [0.1, 0.15) is 36.8 Å². The summed E-state index contributed by atoms with van der Waals surface area (Å²) in [5, 5.41) is 8.30. The van der Waals surface area contributed by atoms with E-state index < -0.39 is 0 Å².